The van der Waals surface area contributed by atoms with Crippen LogP contribution in [0.15, 0.2) is 65.2 Å². The van der Waals surface area contributed by atoms with E-state index in [-0.39, 0.29) is 0 Å². The molecular weight excluding hydrogens is 384 g/mol. The Balaban J connectivity index is 2.02. The molecule has 0 bridgehead atoms. The van der Waals surface area contributed by atoms with Crippen molar-refractivity contribution in [1.29, 1.82) is 5.26 Å². The fraction of sp³-hybridized carbons (Fsp3) is 0.261. The number of carbonyl (C=O) groups is 2. The van der Waals surface area contributed by atoms with Crippen LogP contribution in [0, 0.1) is 17.2 Å². The topological polar surface area (TPSA) is 79.2 Å². The van der Waals surface area contributed by atoms with E-state index in [9.17, 15) is 14.9 Å². The molecule has 0 spiro atoms. The summed E-state index contributed by atoms with van der Waals surface area (Å²) in [5.41, 5.74) is 3.35. The lowest BCUT2D eigenvalue weighted by molar-refractivity contribution is -0.150. The van der Waals surface area contributed by atoms with Crippen molar-refractivity contribution in [1.82, 2.24) is 5.32 Å². The van der Waals surface area contributed by atoms with Crippen molar-refractivity contribution in [2.45, 2.75) is 25.0 Å². The number of carbonyl (C=O) groups excluding carboxylic acids is 2. The van der Waals surface area contributed by atoms with Crippen LogP contribution in [0.1, 0.15) is 29.5 Å². The molecule has 0 saturated heterocycles. The van der Waals surface area contributed by atoms with Gasteiger partial charge < -0.3 is 10.1 Å². The van der Waals surface area contributed by atoms with Gasteiger partial charge in [-0.2, -0.15) is 5.26 Å². The number of benzene rings is 2. The van der Waals surface area contributed by atoms with Crippen molar-refractivity contribution >= 4 is 23.6 Å². The molecule has 1 aliphatic heterocycles. The second kappa shape index (κ2) is 9.44. The predicted molar refractivity (Wildman–Crippen MR) is 113 cm³/mol. The van der Waals surface area contributed by atoms with Gasteiger partial charge in [0.1, 0.15) is 5.92 Å². The van der Waals surface area contributed by atoms with Gasteiger partial charge in [-0.3, -0.25) is 9.59 Å². The highest BCUT2D eigenvalue weighted by molar-refractivity contribution is 8.02. The average molecular weight is 407 g/mol. The van der Waals surface area contributed by atoms with Crippen LogP contribution in [0.25, 0.3) is 0 Å². The van der Waals surface area contributed by atoms with E-state index in [1.165, 1.54) is 18.9 Å². The number of methoxy groups -OCH3 is 1. The first-order chi connectivity index (χ1) is 14.1. The Kier molecular flexibility index (Phi) is 6.73. The quantitative estimate of drug-likeness (QED) is 0.581. The molecule has 0 aliphatic carbocycles. The van der Waals surface area contributed by atoms with Gasteiger partial charge in [0.05, 0.1) is 23.8 Å². The number of esters is 1. The second-order valence-electron chi connectivity index (χ2n) is 6.69. The highest BCUT2D eigenvalue weighted by atomic mass is 32.2. The maximum absolute atomic E-state index is 12.8. The minimum absolute atomic E-state index is 0.380. The number of ether oxygens (including phenoxy) is 1. The van der Waals surface area contributed by atoms with Crippen LogP contribution in [-0.2, 0) is 26.5 Å². The highest BCUT2D eigenvalue weighted by Crippen LogP contribution is 2.40. The highest BCUT2D eigenvalue weighted by Gasteiger charge is 2.44. The summed E-state index contributed by atoms with van der Waals surface area (Å²) in [6, 6.07) is 19.7. The molecule has 2 aromatic rings. The van der Waals surface area contributed by atoms with Gasteiger partial charge in [-0.1, -0.05) is 61.5 Å². The molecule has 1 aliphatic rings. The molecule has 5 nitrogen and oxygen atoms in total. The molecule has 0 radical (unpaired) electrons. The van der Waals surface area contributed by atoms with Gasteiger partial charge in [-0.25, -0.2) is 0 Å². The van der Waals surface area contributed by atoms with Gasteiger partial charge in [-0.05, 0) is 23.1 Å². The summed E-state index contributed by atoms with van der Waals surface area (Å²) in [4.78, 5) is 25.2. The predicted octanol–water partition coefficient (Wildman–Crippen LogP) is 3.92. The normalized spacial score (nSPS) is 18.7. The Labute approximate surface area is 174 Å². The van der Waals surface area contributed by atoms with Crippen LogP contribution in [0.5, 0.6) is 0 Å². The Bertz CT molecular complexity index is 962. The Morgan fingerprint density at radius 3 is 2.41 bits per heavy atom. The Morgan fingerprint density at radius 2 is 1.83 bits per heavy atom. The summed E-state index contributed by atoms with van der Waals surface area (Å²) < 4.78 is 4.88. The molecule has 1 N–H and O–H groups in total. The van der Waals surface area contributed by atoms with E-state index in [0.29, 0.717) is 16.4 Å². The summed E-state index contributed by atoms with van der Waals surface area (Å²) >= 11 is 1.39. The maximum Gasteiger partial charge on any atom is 0.319 e. The Morgan fingerprint density at radius 1 is 1.14 bits per heavy atom. The molecule has 3 rings (SSSR count). The lowest BCUT2D eigenvalue weighted by Crippen LogP contribution is -2.44. The fourth-order valence-electron chi connectivity index (χ4n) is 3.37. The zero-order chi connectivity index (χ0) is 20.8. The first kappa shape index (κ1) is 20.7. The lowest BCUT2D eigenvalue weighted by atomic mass is 9.78. The SMILES string of the molecule is CCc1ccc(C2C(C#N)=C(SCc3ccccc3)NC(=O)C2C(=O)OC)cc1. The van der Waals surface area contributed by atoms with Crippen LogP contribution < -0.4 is 5.32 Å². The number of nitrogens with zero attached hydrogens (tertiary/aromatic N) is 1. The number of amides is 1. The van der Waals surface area contributed by atoms with Crippen LogP contribution in [0.2, 0.25) is 0 Å². The number of nitrogens with one attached hydrogen (secondary N) is 1. The van der Waals surface area contributed by atoms with Crippen molar-refractivity contribution in [3.63, 3.8) is 0 Å². The summed E-state index contributed by atoms with van der Waals surface area (Å²) in [6.45, 7) is 2.05. The first-order valence-corrected chi connectivity index (χ1v) is 10.4. The molecule has 1 amide bonds. The van der Waals surface area contributed by atoms with Crippen LogP contribution in [0.4, 0.5) is 0 Å². The lowest BCUT2D eigenvalue weighted by Gasteiger charge is -2.31. The second-order valence-corrected chi connectivity index (χ2v) is 7.68. The molecule has 0 aromatic heterocycles. The molecule has 2 aromatic carbocycles. The first-order valence-electron chi connectivity index (χ1n) is 9.37. The molecule has 2 unspecified atom stereocenters. The van der Waals surface area contributed by atoms with Gasteiger partial charge in [0, 0.05) is 11.7 Å². The number of thioether (sulfide) groups is 1. The maximum atomic E-state index is 12.8. The van der Waals surface area contributed by atoms with Gasteiger partial charge >= 0.3 is 5.97 Å². The third kappa shape index (κ3) is 4.52. The molecule has 2 atom stereocenters. The largest absolute Gasteiger partial charge is 0.468 e. The summed E-state index contributed by atoms with van der Waals surface area (Å²) in [5, 5.41) is 13.2. The fourth-order valence-corrected chi connectivity index (χ4v) is 4.37. The van der Waals surface area contributed by atoms with Crippen molar-refractivity contribution in [2.75, 3.05) is 7.11 Å². The van der Waals surface area contributed by atoms with Crippen molar-refractivity contribution < 1.29 is 14.3 Å². The molecule has 6 heteroatoms. The van der Waals surface area contributed by atoms with Gasteiger partial charge in [0.25, 0.3) is 0 Å². The van der Waals surface area contributed by atoms with E-state index >= 15 is 0 Å². The molecule has 0 saturated carbocycles. The molecule has 1 heterocycles. The van der Waals surface area contributed by atoms with Crippen LogP contribution in [-0.4, -0.2) is 19.0 Å². The van der Waals surface area contributed by atoms with Crippen LogP contribution in [0.3, 0.4) is 0 Å². The Hall–Kier alpha value is -3.04. The number of hydrogen-bond donors (Lipinski definition) is 1. The molecule has 0 fully saturated rings. The summed E-state index contributed by atoms with van der Waals surface area (Å²) in [7, 11) is 1.25. The summed E-state index contributed by atoms with van der Waals surface area (Å²) in [6.07, 6.45) is 0.880. The smallest absolute Gasteiger partial charge is 0.319 e. The monoisotopic (exact) mass is 406 g/mol. The minimum Gasteiger partial charge on any atom is -0.468 e. The van der Waals surface area contributed by atoms with E-state index in [1.54, 1.807) is 0 Å². The standard InChI is InChI=1S/C23H22N2O3S/c1-3-15-9-11-17(12-10-15)19-18(13-24)22(25-21(26)20(19)23(27)28-2)29-14-16-7-5-4-6-8-16/h4-12,19-20H,3,14H2,1-2H3,(H,25,26). The van der Waals surface area contributed by atoms with Crippen molar-refractivity contribution in [2.24, 2.45) is 5.92 Å². The van der Waals surface area contributed by atoms with E-state index < -0.39 is 23.7 Å². The molecule has 29 heavy (non-hydrogen) atoms. The molecule has 148 valence electrons. The number of hydrogen-bond acceptors (Lipinski definition) is 5. The van der Waals surface area contributed by atoms with E-state index in [0.717, 1.165) is 23.1 Å². The third-order valence-corrected chi connectivity index (χ3v) is 6.05. The van der Waals surface area contributed by atoms with Gasteiger partial charge in [0.15, 0.2) is 0 Å². The van der Waals surface area contributed by atoms with Crippen molar-refractivity contribution in [3.05, 3.63) is 81.9 Å². The van der Waals surface area contributed by atoms with E-state index in [4.69, 9.17) is 4.74 Å². The number of aryl methyl sites for hydroxylation is 1. The van der Waals surface area contributed by atoms with Crippen molar-refractivity contribution in [3.8, 4) is 6.07 Å². The van der Waals surface area contributed by atoms with E-state index in [2.05, 4.69) is 18.3 Å². The number of nitriles is 1. The third-order valence-electron chi connectivity index (χ3n) is 4.96. The van der Waals surface area contributed by atoms with Gasteiger partial charge in [-0.15, -0.1) is 11.8 Å². The van der Waals surface area contributed by atoms with Crippen LogP contribution >= 0.6 is 11.8 Å². The van der Waals surface area contributed by atoms with Gasteiger partial charge in [0.2, 0.25) is 5.91 Å². The zero-order valence-electron chi connectivity index (χ0n) is 16.3. The number of rotatable bonds is 6. The number of allylic oxidation sites excluding steroid dienone is 1. The summed E-state index contributed by atoms with van der Waals surface area (Å²) in [5.74, 6) is -2.26. The van der Waals surface area contributed by atoms with E-state index in [1.807, 2.05) is 54.6 Å². The molecular formula is C23H22N2O3S. The minimum atomic E-state index is -1.09. The zero-order valence-corrected chi connectivity index (χ0v) is 17.2. The average Bonchev–Trinajstić information content (AvgIpc) is 2.77.